The lowest BCUT2D eigenvalue weighted by molar-refractivity contribution is -0.127. The molecule has 7 heteroatoms. The third-order valence-corrected chi connectivity index (χ3v) is 2.86. The van der Waals surface area contributed by atoms with Crippen molar-refractivity contribution < 1.29 is 19.7 Å². The monoisotopic (exact) mass is 305 g/mol. The van der Waals surface area contributed by atoms with E-state index in [9.17, 15) is 4.79 Å². The zero-order chi connectivity index (χ0) is 16.4. The molecule has 3 N–H and O–H groups in total. The molecule has 1 aromatic rings. The minimum absolute atomic E-state index is 0.0487. The van der Waals surface area contributed by atoms with Crippen molar-refractivity contribution in [2.75, 3.05) is 38.7 Å². The molecule has 0 aliphatic carbocycles. The Kier molecular flexibility index (Phi) is 7.47. The molecule has 0 saturated heterocycles. The molecule has 22 heavy (non-hydrogen) atoms. The van der Waals surface area contributed by atoms with E-state index in [-0.39, 0.29) is 31.9 Å². The number of para-hydroxylation sites is 2. The molecule has 7 nitrogen and oxygen atoms in total. The van der Waals surface area contributed by atoms with Gasteiger partial charge in [-0.2, -0.15) is 5.26 Å². The fourth-order valence-corrected chi connectivity index (χ4v) is 1.78. The zero-order valence-corrected chi connectivity index (χ0v) is 12.3. The van der Waals surface area contributed by atoms with Crippen LogP contribution in [0, 0.1) is 11.3 Å². The number of hydrogen-bond donors (Lipinski definition) is 3. The minimum Gasteiger partial charge on any atom is -0.495 e. The number of nitrogens with zero attached hydrogens (tertiary/aromatic N) is 2. The molecule has 118 valence electrons. The number of carbonyl (C=O) groups excluding carboxylic acids is 1. The summed E-state index contributed by atoms with van der Waals surface area (Å²) in [5.74, 6) is 0.0130. The van der Waals surface area contributed by atoms with Crippen molar-refractivity contribution in [3.63, 3.8) is 0 Å². The Morgan fingerprint density at radius 3 is 2.55 bits per heavy atom. The van der Waals surface area contributed by atoms with Crippen molar-refractivity contribution in [1.82, 2.24) is 4.90 Å². The predicted molar refractivity (Wildman–Crippen MR) is 81.1 cm³/mol. The first-order valence-corrected chi connectivity index (χ1v) is 6.68. The van der Waals surface area contributed by atoms with Crippen molar-refractivity contribution in [3.05, 3.63) is 36.0 Å². The molecule has 1 aromatic carbocycles. The third-order valence-electron chi connectivity index (χ3n) is 2.86. The third kappa shape index (κ3) is 4.77. The van der Waals surface area contributed by atoms with Gasteiger partial charge in [-0.3, -0.25) is 4.79 Å². The van der Waals surface area contributed by atoms with E-state index < -0.39 is 5.91 Å². The van der Waals surface area contributed by atoms with Crippen LogP contribution in [0.2, 0.25) is 0 Å². The second kappa shape index (κ2) is 9.39. The predicted octanol–water partition coefficient (Wildman–Crippen LogP) is 0.328. The van der Waals surface area contributed by atoms with Gasteiger partial charge in [0.15, 0.2) is 0 Å². The first kappa shape index (κ1) is 17.5. The molecule has 0 aliphatic rings. The fourth-order valence-electron chi connectivity index (χ4n) is 1.78. The lowest BCUT2D eigenvalue weighted by atomic mass is 10.2. The molecule has 0 heterocycles. The topological polar surface area (TPSA) is 106 Å². The van der Waals surface area contributed by atoms with E-state index in [2.05, 4.69) is 5.32 Å². The van der Waals surface area contributed by atoms with Gasteiger partial charge in [0.1, 0.15) is 17.4 Å². The van der Waals surface area contributed by atoms with Crippen molar-refractivity contribution in [1.29, 1.82) is 5.26 Å². The Morgan fingerprint density at radius 2 is 2.00 bits per heavy atom. The summed E-state index contributed by atoms with van der Waals surface area (Å²) in [4.78, 5) is 13.4. The first-order chi connectivity index (χ1) is 10.7. The highest BCUT2D eigenvalue weighted by molar-refractivity contribution is 5.97. The standard InChI is InChI=1S/C15H19N3O4/c1-22-14-5-3-2-4-13(14)17-11-12(10-16)15(21)18(6-8-19)7-9-20/h2-5,11,17,19-20H,6-9H2,1H3/b12-11-. The quantitative estimate of drug-likeness (QED) is 0.472. The molecule has 0 fully saturated rings. The van der Waals surface area contributed by atoms with Gasteiger partial charge in [0.05, 0.1) is 26.0 Å². The van der Waals surface area contributed by atoms with Crippen LogP contribution < -0.4 is 10.1 Å². The van der Waals surface area contributed by atoms with Gasteiger partial charge < -0.3 is 25.2 Å². The zero-order valence-electron chi connectivity index (χ0n) is 12.3. The number of aliphatic hydroxyl groups is 2. The maximum absolute atomic E-state index is 12.2. The van der Waals surface area contributed by atoms with Crippen LogP contribution in [0.25, 0.3) is 0 Å². The van der Waals surface area contributed by atoms with E-state index in [0.29, 0.717) is 11.4 Å². The maximum Gasteiger partial charge on any atom is 0.266 e. The van der Waals surface area contributed by atoms with Crippen LogP contribution in [-0.4, -0.2) is 54.4 Å². The Morgan fingerprint density at radius 1 is 1.36 bits per heavy atom. The molecule has 0 atom stereocenters. The number of nitrogens with one attached hydrogen (secondary N) is 1. The molecule has 0 saturated carbocycles. The van der Waals surface area contributed by atoms with E-state index in [4.69, 9.17) is 20.2 Å². The van der Waals surface area contributed by atoms with Crippen molar-refractivity contribution in [3.8, 4) is 11.8 Å². The summed E-state index contributed by atoms with van der Waals surface area (Å²) in [7, 11) is 1.52. The summed E-state index contributed by atoms with van der Waals surface area (Å²) in [6, 6.07) is 8.89. The number of anilines is 1. The van der Waals surface area contributed by atoms with Gasteiger partial charge in [-0.1, -0.05) is 12.1 Å². The van der Waals surface area contributed by atoms with Crippen molar-refractivity contribution >= 4 is 11.6 Å². The number of ether oxygens (including phenoxy) is 1. The lowest BCUT2D eigenvalue weighted by Crippen LogP contribution is -2.36. The number of hydrogen-bond acceptors (Lipinski definition) is 6. The van der Waals surface area contributed by atoms with Gasteiger partial charge >= 0.3 is 0 Å². The van der Waals surface area contributed by atoms with Crippen LogP contribution in [0.5, 0.6) is 5.75 Å². The Bertz CT molecular complexity index is 560. The number of nitriles is 1. The molecule has 0 unspecified atom stereocenters. The highest BCUT2D eigenvalue weighted by atomic mass is 16.5. The van der Waals surface area contributed by atoms with Crippen LogP contribution in [0.4, 0.5) is 5.69 Å². The van der Waals surface area contributed by atoms with Crippen LogP contribution in [0.1, 0.15) is 0 Å². The summed E-state index contributed by atoms with van der Waals surface area (Å²) in [5.41, 5.74) is 0.481. The van der Waals surface area contributed by atoms with E-state index in [0.717, 1.165) is 0 Å². The second-order valence-electron chi connectivity index (χ2n) is 4.25. The molecule has 0 bridgehead atoms. The molecule has 1 amide bonds. The fraction of sp³-hybridized carbons (Fsp3) is 0.333. The Labute approximate surface area is 129 Å². The average Bonchev–Trinajstić information content (AvgIpc) is 2.55. The second-order valence-corrected chi connectivity index (χ2v) is 4.25. The van der Waals surface area contributed by atoms with E-state index in [1.807, 2.05) is 6.07 Å². The SMILES string of the molecule is COc1ccccc1N/C=C(/C#N)C(=O)N(CCO)CCO. The van der Waals surface area contributed by atoms with Crippen LogP contribution >= 0.6 is 0 Å². The molecular formula is C15H19N3O4. The van der Waals surface area contributed by atoms with Gasteiger partial charge in [0.2, 0.25) is 0 Å². The summed E-state index contributed by atoms with van der Waals surface area (Å²) < 4.78 is 5.16. The number of amides is 1. The average molecular weight is 305 g/mol. The lowest BCUT2D eigenvalue weighted by Gasteiger charge is -2.20. The summed E-state index contributed by atoms with van der Waals surface area (Å²) >= 11 is 0. The van der Waals surface area contributed by atoms with Crippen molar-refractivity contribution in [2.24, 2.45) is 0 Å². The van der Waals surface area contributed by atoms with Crippen LogP contribution in [0.3, 0.4) is 0 Å². The van der Waals surface area contributed by atoms with Gasteiger partial charge in [-0.15, -0.1) is 0 Å². The summed E-state index contributed by atoms with van der Waals surface area (Å²) in [6.45, 7) is -0.394. The van der Waals surface area contributed by atoms with E-state index >= 15 is 0 Å². The number of methoxy groups -OCH3 is 1. The molecule has 0 spiro atoms. The molecule has 0 radical (unpaired) electrons. The first-order valence-electron chi connectivity index (χ1n) is 6.68. The molecule has 0 aromatic heterocycles. The number of rotatable bonds is 8. The van der Waals surface area contributed by atoms with Crippen LogP contribution in [0.15, 0.2) is 36.0 Å². The van der Waals surface area contributed by atoms with Gasteiger partial charge in [-0.05, 0) is 12.1 Å². The van der Waals surface area contributed by atoms with E-state index in [1.54, 1.807) is 24.3 Å². The Hall–Kier alpha value is -2.56. The molecular weight excluding hydrogens is 286 g/mol. The van der Waals surface area contributed by atoms with Gasteiger partial charge in [0, 0.05) is 19.3 Å². The molecule has 1 rings (SSSR count). The maximum atomic E-state index is 12.2. The van der Waals surface area contributed by atoms with Crippen molar-refractivity contribution in [2.45, 2.75) is 0 Å². The minimum atomic E-state index is -0.562. The number of benzene rings is 1. The largest absolute Gasteiger partial charge is 0.495 e. The highest BCUT2D eigenvalue weighted by Gasteiger charge is 2.17. The summed E-state index contributed by atoms with van der Waals surface area (Å²) in [6.07, 6.45) is 1.28. The number of carbonyl (C=O) groups is 1. The summed E-state index contributed by atoms with van der Waals surface area (Å²) in [5, 5.41) is 29.8. The highest BCUT2D eigenvalue weighted by Crippen LogP contribution is 2.23. The smallest absolute Gasteiger partial charge is 0.266 e. The number of aliphatic hydroxyl groups excluding tert-OH is 2. The van der Waals surface area contributed by atoms with E-state index in [1.165, 1.54) is 18.2 Å². The Balaban J connectivity index is 2.90. The van der Waals surface area contributed by atoms with Crippen LogP contribution in [-0.2, 0) is 4.79 Å². The van der Waals surface area contributed by atoms with Gasteiger partial charge in [0.25, 0.3) is 5.91 Å². The van der Waals surface area contributed by atoms with Gasteiger partial charge in [-0.25, -0.2) is 0 Å². The molecule has 0 aliphatic heterocycles. The normalized spacial score (nSPS) is 10.7.